The van der Waals surface area contributed by atoms with E-state index in [2.05, 4.69) is 5.32 Å². The van der Waals surface area contributed by atoms with Crippen LogP contribution >= 0.6 is 0 Å². The predicted octanol–water partition coefficient (Wildman–Crippen LogP) is 5.71. The summed E-state index contributed by atoms with van der Waals surface area (Å²) in [6.07, 6.45) is 0.903. The van der Waals surface area contributed by atoms with Gasteiger partial charge in [0, 0.05) is 16.5 Å². The summed E-state index contributed by atoms with van der Waals surface area (Å²) in [6, 6.07) is 20.9. The number of carbonyl (C=O) groups excluding carboxylic acids is 2. The molecule has 0 radical (unpaired) electrons. The van der Waals surface area contributed by atoms with E-state index in [1.807, 2.05) is 19.1 Å². The summed E-state index contributed by atoms with van der Waals surface area (Å²) >= 11 is 0. The molecule has 0 aliphatic rings. The number of hydrogen-bond donors (Lipinski definition) is 1. The van der Waals surface area contributed by atoms with Crippen molar-refractivity contribution in [3.63, 3.8) is 0 Å². The number of anilines is 1. The van der Waals surface area contributed by atoms with Crippen LogP contribution in [0.15, 0.2) is 77.2 Å². The lowest BCUT2D eigenvalue weighted by Gasteiger charge is -2.08. The number of rotatable bonds is 8. The lowest BCUT2D eigenvalue weighted by Crippen LogP contribution is -2.14. The van der Waals surface area contributed by atoms with Crippen molar-refractivity contribution < 1.29 is 23.5 Å². The highest BCUT2D eigenvalue weighted by atomic mass is 16.5. The molecule has 1 amide bonds. The fraction of sp³-hybridized carbons (Fsp3) is 0.154. The fourth-order valence-electron chi connectivity index (χ4n) is 3.33. The third kappa shape index (κ3) is 4.34. The van der Waals surface area contributed by atoms with Crippen LogP contribution in [0.4, 0.5) is 5.69 Å². The largest absolute Gasteiger partial charge is 0.497 e. The number of methoxy groups -OCH3 is 1. The van der Waals surface area contributed by atoms with Gasteiger partial charge in [-0.05, 0) is 55.0 Å². The van der Waals surface area contributed by atoms with E-state index in [9.17, 15) is 9.59 Å². The van der Waals surface area contributed by atoms with Gasteiger partial charge in [0.15, 0.2) is 5.76 Å². The number of ketones is 1. The van der Waals surface area contributed by atoms with Gasteiger partial charge in [0.1, 0.15) is 17.1 Å². The lowest BCUT2D eigenvalue weighted by atomic mass is 10.1. The molecule has 162 valence electrons. The molecule has 1 heterocycles. The maximum Gasteiger partial charge on any atom is 0.255 e. The molecule has 4 rings (SSSR count). The summed E-state index contributed by atoms with van der Waals surface area (Å²) in [5, 5.41) is 3.51. The van der Waals surface area contributed by atoms with Crippen LogP contribution in [0, 0.1) is 0 Å². The number of benzene rings is 3. The van der Waals surface area contributed by atoms with Gasteiger partial charge in [-0.3, -0.25) is 9.59 Å². The van der Waals surface area contributed by atoms with Crippen molar-refractivity contribution in [2.24, 2.45) is 0 Å². The molecule has 3 aromatic carbocycles. The summed E-state index contributed by atoms with van der Waals surface area (Å²) in [5.41, 5.74) is 1.69. The Morgan fingerprint density at radius 2 is 1.69 bits per heavy atom. The smallest absolute Gasteiger partial charge is 0.255 e. The van der Waals surface area contributed by atoms with E-state index in [-0.39, 0.29) is 17.5 Å². The molecule has 0 atom stereocenters. The second kappa shape index (κ2) is 9.39. The number of furan rings is 1. The number of nitrogens with one attached hydrogen (secondary N) is 1. The first-order valence-electron chi connectivity index (χ1n) is 10.3. The summed E-state index contributed by atoms with van der Waals surface area (Å²) < 4.78 is 16.7. The van der Waals surface area contributed by atoms with Crippen molar-refractivity contribution >= 4 is 28.3 Å². The molecule has 0 bridgehead atoms. The van der Waals surface area contributed by atoms with E-state index < -0.39 is 0 Å². The Balaban J connectivity index is 1.67. The Morgan fingerprint density at radius 1 is 0.906 bits per heavy atom. The van der Waals surface area contributed by atoms with E-state index in [1.54, 1.807) is 60.7 Å². The second-order valence-corrected chi connectivity index (χ2v) is 7.19. The quantitative estimate of drug-likeness (QED) is 0.363. The highest BCUT2D eigenvalue weighted by Crippen LogP contribution is 2.33. The van der Waals surface area contributed by atoms with Crippen LogP contribution in [-0.2, 0) is 0 Å². The molecule has 32 heavy (non-hydrogen) atoms. The average molecular weight is 429 g/mol. The van der Waals surface area contributed by atoms with Crippen molar-refractivity contribution in [3.8, 4) is 11.5 Å². The third-order valence-corrected chi connectivity index (χ3v) is 4.96. The van der Waals surface area contributed by atoms with Gasteiger partial charge in [0.2, 0.25) is 5.78 Å². The summed E-state index contributed by atoms with van der Waals surface area (Å²) in [4.78, 5) is 26.2. The van der Waals surface area contributed by atoms with Gasteiger partial charge in [-0.25, -0.2) is 0 Å². The summed E-state index contributed by atoms with van der Waals surface area (Å²) in [7, 11) is 1.54. The SMILES string of the molecule is CCCOc1ccc(C(=O)Nc2c(C(=O)c3cccc(OC)c3)oc3ccccc23)cc1. The molecular weight excluding hydrogens is 406 g/mol. The van der Waals surface area contributed by atoms with Gasteiger partial charge in [-0.2, -0.15) is 0 Å². The minimum atomic E-state index is -0.349. The molecule has 6 nitrogen and oxygen atoms in total. The van der Waals surface area contributed by atoms with E-state index in [0.29, 0.717) is 45.9 Å². The van der Waals surface area contributed by atoms with Crippen LogP contribution in [0.1, 0.15) is 39.8 Å². The predicted molar refractivity (Wildman–Crippen MR) is 123 cm³/mol. The third-order valence-electron chi connectivity index (χ3n) is 4.96. The normalized spacial score (nSPS) is 10.7. The zero-order valence-electron chi connectivity index (χ0n) is 17.9. The molecule has 0 fully saturated rings. The molecule has 0 saturated carbocycles. The van der Waals surface area contributed by atoms with Crippen molar-refractivity contribution in [1.82, 2.24) is 0 Å². The molecule has 6 heteroatoms. The van der Waals surface area contributed by atoms with Crippen LogP contribution in [0.5, 0.6) is 11.5 Å². The number of fused-ring (bicyclic) bond motifs is 1. The summed E-state index contributed by atoms with van der Waals surface area (Å²) in [6.45, 7) is 2.64. The first-order chi connectivity index (χ1) is 15.6. The number of amides is 1. The summed E-state index contributed by atoms with van der Waals surface area (Å²) in [5.74, 6) is 0.627. The molecular formula is C26H23NO5. The molecule has 0 saturated heterocycles. The highest BCUT2D eigenvalue weighted by molar-refractivity contribution is 6.18. The Hall–Kier alpha value is -4.06. The van der Waals surface area contributed by atoms with Gasteiger partial charge in [0.05, 0.1) is 19.4 Å². The first kappa shape index (κ1) is 21.2. The second-order valence-electron chi connectivity index (χ2n) is 7.19. The molecule has 4 aromatic rings. The zero-order chi connectivity index (χ0) is 22.5. The van der Waals surface area contributed by atoms with Crippen LogP contribution in [-0.4, -0.2) is 25.4 Å². The molecule has 0 spiro atoms. The number of ether oxygens (including phenoxy) is 2. The monoisotopic (exact) mass is 429 g/mol. The first-order valence-corrected chi connectivity index (χ1v) is 10.3. The van der Waals surface area contributed by atoms with Crippen molar-refractivity contribution in [2.45, 2.75) is 13.3 Å². The van der Waals surface area contributed by atoms with E-state index in [0.717, 1.165) is 6.42 Å². The fourth-order valence-corrected chi connectivity index (χ4v) is 3.33. The Kier molecular flexibility index (Phi) is 6.22. The topological polar surface area (TPSA) is 77.8 Å². The lowest BCUT2D eigenvalue weighted by molar-refractivity contribution is 0.101. The number of hydrogen-bond acceptors (Lipinski definition) is 5. The molecule has 0 aliphatic heterocycles. The van der Waals surface area contributed by atoms with Crippen LogP contribution in [0.3, 0.4) is 0 Å². The zero-order valence-corrected chi connectivity index (χ0v) is 17.9. The van der Waals surface area contributed by atoms with Crippen molar-refractivity contribution in [2.75, 3.05) is 19.0 Å². The average Bonchev–Trinajstić information content (AvgIpc) is 3.20. The van der Waals surface area contributed by atoms with Crippen molar-refractivity contribution in [3.05, 3.63) is 89.7 Å². The standard InChI is InChI=1S/C26H23NO5/c1-3-15-31-19-13-11-17(12-14-19)26(29)27-23-21-9-4-5-10-22(21)32-25(23)24(28)18-7-6-8-20(16-18)30-2/h4-14,16H,3,15H2,1-2H3,(H,27,29). The minimum absolute atomic E-state index is 0.0655. The van der Waals surface area contributed by atoms with Crippen LogP contribution < -0.4 is 14.8 Å². The number of para-hydroxylation sites is 1. The maximum atomic E-state index is 13.3. The molecule has 1 N–H and O–H groups in total. The van der Waals surface area contributed by atoms with Gasteiger partial charge >= 0.3 is 0 Å². The van der Waals surface area contributed by atoms with Crippen molar-refractivity contribution in [1.29, 1.82) is 0 Å². The minimum Gasteiger partial charge on any atom is -0.497 e. The van der Waals surface area contributed by atoms with Gasteiger partial charge in [-0.15, -0.1) is 0 Å². The van der Waals surface area contributed by atoms with Crippen LogP contribution in [0.2, 0.25) is 0 Å². The molecule has 1 aromatic heterocycles. The van der Waals surface area contributed by atoms with E-state index in [1.165, 1.54) is 7.11 Å². The van der Waals surface area contributed by atoms with Gasteiger partial charge in [-0.1, -0.05) is 31.2 Å². The van der Waals surface area contributed by atoms with Crippen LogP contribution in [0.25, 0.3) is 11.0 Å². The van der Waals surface area contributed by atoms with E-state index >= 15 is 0 Å². The Bertz CT molecular complexity index is 1260. The van der Waals surface area contributed by atoms with Gasteiger partial charge in [0.25, 0.3) is 5.91 Å². The Morgan fingerprint density at radius 3 is 2.44 bits per heavy atom. The molecule has 0 aliphatic carbocycles. The van der Waals surface area contributed by atoms with Gasteiger partial charge < -0.3 is 19.2 Å². The van der Waals surface area contributed by atoms with E-state index in [4.69, 9.17) is 13.9 Å². The molecule has 0 unspecified atom stereocenters. The maximum absolute atomic E-state index is 13.3. The highest BCUT2D eigenvalue weighted by Gasteiger charge is 2.24. The Labute approximate surface area is 185 Å². The number of carbonyl (C=O) groups is 2.